The molecule has 1 rings (SSSR count). The van der Waals surface area contributed by atoms with Crippen molar-refractivity contribution in [1.82, 2.24) is 0 Å². The number of carbonyl (C=O) groups is 1. The molecule has 1 fully saturated rings. The van der Waals surface area contributed by atoms with E-state index in [9.17, 15) is 4.79 Å². The average molecular weight is 226 g/mol. The Labute approximate surface area is 117 Å². The Kier molecular flexibility index (Phi) is 4.45. The molecule has 2 atom stereocenters. The number of amides is 1. The summed E-state index contributed by atoms with van der Waals surface area (Å²) in [5, 5.41) is 3.98. The first kappa shape index (κ1) is 12.3. The summed E-state index contributed by atoms with van der Waals surface area (Å²) in [5.41, 5.74) is -0.223. The van der Waals surface area contributed by atoms with Crippen molar-refractivity contribution in [3.63, 3.8) is 0 Å². The molecule has 2 unspecified atom stereocenters. The Morgan fingerprint density at radius 2 is 1.82 bits per heavy atom. The monoisotopic (exact) mass is 225 g/mol. The van der Waals surface area contributed by atoms with Crippen molar-refractivity contribution >= 4 is 5.91 Å². The minimum Gasteiger partial charge on any atom is -0.650 e. The Morgan fingerprint density at radius 1 is 1.36 bits per heavy atom. The van der Waals surface area contributed by atoms with Crippen molar-refractivity contribution < 1.29 is 63.0 Å². The maximum Gasteiger partial charge on any atom is 1.00 e. The van der Waals surface area contributed by atoms with Crippen LogP contribution in [-0.4, -0.2) is 11.9 Å². The zero-order valence-electron chi connectivity index (χ0n) is 8.01. The zero-order chi connectivity index (χ0) is 7.94. The van der Waals surface area contributed by atoms with Gasteiger partial charge in [0.1, 0.15) is 0 Å². The van der Waals surface area contributed by atoms with Crippen molar-refractivity contribution in [3.05, 3.63) is 5.32 Å². The van der Waals surface area contributed by atoms with Crippen LogP contribution in [0.1, 0.15) is 27.7 Å². The topological polar surface area (TPSA) is 31.2 Å². The van der Waals surface area contributed by atoms with E-state index < -0.39 is 0 Å². The Balaban J connectivity index is 0.000001000. The van der Waals surface area contributed by atoms with Gasteiger partial charge in [-0.15, -0.1) is 6.04 Å². The molecule has 0 spiro atoms. The van der Waals surface area contributed by atoms with Crippen LogP contribution in [0.25, 0.3) is 5.32 Å². The van der Waals surface area contributed by atoms with Gasteiger partial charge in [0.25, 0.3) is 0 Å². The van der Waals surface area contributed by atoms with E-state index >= 15 is 0 Å². The van der Waals surface area contributed by atoms with Crippen molar-refractivity contribution in [2.75, 3.05) is 0 Å². The fourth-order valence-electron chi connectivity index (χ4n) is 1.26. The Bertz CT molecular complexity index is 167. The normalized spacial score (nSPS) is 34.4. The van der Waals surface area contributed by atoms with Crippen LogP contribution >= 0.6 is 0 Å². The molecule has 0 bridgehead atoms. The largest absolute Gasteiger partial charge is 1.00 e. The third kappa shape index (κ3) is 2.14. The van der Waals surface area contributed by atoms with Gasteiger partial charge in [0.15, 0.2) is 0 Å². The molecule has 0 aromatic heterocycles. The maximum absolute atomic E-state index is 11.1. The van der Waals surface area contributed by atoms with Crippen molar-refractivity contribution in [2.45, 2.75) is 33.7 Å². The molecule has 1 saturated heterocycles. The molecule has 1 heterocycles. The molecule has 0 aliphatic carbocycles. The van der Waals surface area contributed by atoms with Gasteiger partial charge < -0.3 is 10.1 Å². The fraction of sp³-hybridized carbons (Fsp3) is 0.875. The minimum absolute atomic E-state index is 0. The molecule has 58 valence electrons. The standard InChI is InChI=1S/C8H15NO.Rb/c1-5-6(2)9-7(10)8(5,3)4;/h5-6H,1-4H3,(H,9,10);/q;+1/p-1. The smallest absolute Gasteiger partial charge is 0.650 e. The first-order chi connectivity index (χ1) is 4.46. The van der Waals surface area contributed by atoms with Gasteiger partial charge in [0, 0.05) is 5.41 Å². The summed E-state index contributed by atoms with van der Waals surface area (Å²) in [4.78, 5) is 11.1. The van der Waals surface area contributed by atoms with Crippen LogP contribution in [0.3, 0.4) is 0 Å². The van der Waals surface area contributed by atoms with Crippen LogP contribution < -0.4 is 58.2 Å². The van der Waals surface area contributed by atoms with Crippen LogP contribution in [0.4, 0.5) is 0 Å². The van der Waals surface area contributed by atoms with Crippen molar-refractivity contribution in [1.29, 1.82) is 0 Å². The maximum atomic E-state index is 11.1. The molecular weight excluding hydrogens is 212 g/mol. The second-order valence-electron chi connectivity index (χ2n) is 3.69. The minimum atomic E-state index is -0.223. The Hall–Kier alpha value is 1.28. The number of carbonyl (C=O) groups excluding carboxylic acids is 1. The zero-order valence-corrected chi connectivity index (χ0v) is 12.9. The van der Waals surface area contributed by atoms with Crippen molar-refractivity contribution in [3.8, 4) is 0 Å². The summed E-state index contributed by atoms with van der Waals surface area (Å²) < 4.78 is 0. The van der Waals surface area contributed by atoms with Gasteiger partial charge in [-0.2, -0.15) is 0 Å². The molecule has 2 nitrogen and oxygen atoms in total. The van der Waals surface area contributed by atoms with Gasteiger partial charge in [-0.25, -0.2) is 0 Å². The van der Waals surface area contributed by atoms with Gasteiger partial charge in [-0.1, -0.05) is 27.7 Å². The molecule has 0 aromatic rings. The van der Waals surface area contributed by atoms with E-state index in [1.807, 2.05) is 20.8 Å². The molecule has 3 heteroatoms. The molecule has 1 amide bonds. The van der Waals surface area contributed by atoms with Crippen LogP contribution in [0.5, 0.6) is 0 Å². The summed E-state index contributed by atoms with van der Waals surface area (Å²) in [5.74, 6) is 0.451. The third-order valence-corrected chi connectivity index (χ3v) is 2.73. The Morgan fingerprint density at radius 3 is 1.91 bits per heavy atom. The second kappa shape index (κ2) is 3.99. The van der Waals surface area contributed by atoms with Gasteiger partial charge in [-0.05, 0) is 5.92 Å². The van der Waals surface area contributed by atoms with E-state index in [0.717, 1.165) is 0 Å². The van der Waals surface area contributed by atoms with Crippen LogP contribution in [0.2, 0.25) is 0 Å². The van der Waals surface area contributed by atoms with E-state index in [-0.39, 0.29) is 75.6 Å². The quantitative estimate of drug-likeness (QED) is 0.518. The molecule has 0 N–H and O–H groups in total. The predicted octanol–water partition coefficient (Wildman–Crippen LogP) is -1.04. The van der Waals surface area contributed by atoms with Gasteiger partial charge >= 0.3 is 58.2 Å². The number of rotatable bonds is 0. The molecule has 1 aliphatic heterocycles. The summed E-state index contributed by atoms with van der Waals surface area (Å²) in [6, 6.07) is 0.211. The number of hydrogen-bond acceptors (Lipinski definition) is 1. The van der Waals surface area contributed by atoms with Gasteiger partial charge in [0.2, 0.25) is 0 Å². The van der Waals surface area contributed by atoms with Crippen LogP contribution in [-0.2, 0) is 4.79 Å². The third-order valence-electron chi connectivity index (χ3n) is 2.73. The van der Waals surface area contributed by atoms with Crippen molar-refractivity contribution in [2.24, 2.45) is 11.3 Å². The second-order valence-corrected chi connectivity index (χ2v) is 3.69. The molecule has 0 saturated carbocycles. The average Bonchev–Trinajstić information content (AvgIpc) is 1.97. The van der Waals surface area contributed by atoms with Gasteiger partial charge in [0.05, 0.1) is 5.91 Å². The van der Waals surface area contributed by atoms with Crippen LogP contribution in [0.15, 0.2) is 0 Å². The van der Waals surface area contributed by atoms with E-state index in [1.54, 1.807) is 0 Å². The summed E-state index contributed by atoms with van der Waals surface area (Å²) in [6.45, 7) is 8.01. The molecule has 0 radical (unpaired) electrons. The van der Waals surface area contributed by atoms with Crippen LogP contribution in [0, 0.1) is 11.3 Å². The summed E-state index contributed by atoms with van der Waals surface area (Å²) >= 11 is 0. The first-order valence-electron chi connectivity index (χ1n) is 3.71. The van der Waals surface area contributed by atoms with Gasteiger partial charge in [-0.3, -0.25) is 0 Å². The van der Waals surface area contributed by atoms with E-state index in [2.05, 4.69) is 12.2 Å². The first-order valence-corrected chi connectivity index (χ1v) is 3.71. The molecular formula is C8H14NORb. The summed E-state index contributed by atoms with van der Waals surface area (Å²) in [7, 11) is 0. The number of hydrogen-bond donors (Lipinski definition) is 0. The number of nitrogens with zero attached hydrogens (tertiary/aromatic N) is 1. The molecule has 11 heavy (non-hydrogen) atoms. The molecule has 1 aliphatic rings. The summed E-state index contributed by atoms with van der Waals surface area (Å²) in [6.07, 6.45) is 0. The fourth-order valence-corrected chi connectivity index (χ4v) is 1.26. The van der Waals surface area contributed by atoms with E-state index in [4.69, 9.17) is 0 Å². The SMILES string of the molecule is CC1[N-]C(=O)C(C)(C)C1C.[Rb+]. The predicted molar refractivity (Wildman–Crippen MR) is 40.8 cm³/mol. The molecule has 0 aromatic carbocycles. The van der Waals surface area contributed by atoms with E-state index in [1.165, 1.54) is 0 Å². The van der Waals surface area contributed by atoms with E-state index in [0.29, 0.717) is 5.92 Å².